The minimum atomic E-state index is -0.738. The number of benzene rings is 3. The van der Waals surface area contributed by atoms with E-state index in [9.17, 15) is 9.90 Å². The van der Waals surface area contributed by atoms with Gasteiger partial charge in [0, 0.05) is 30.4 Å². The number of nitriles is 1. The van der Waals surface area contributed by atoms with E-state index < -0.39 is 5.97 Å². The number of nitrogens with zero attached hydrogens (tertiary/aromatic N) is 2. The van der Waals surface area contributed by atoms with Gasteiger partial charge in [-0.2, -0.15) is 18.8 Å². The molecular formula is C32H36N2O4S. The molecular weight excluding hydrogens is 508 g/mol. The van der Waals surface area contributed by atoms with E-state index in [-0.39, 0.29) is 25.8 Å². The number of hydrogen-bond acceptors (Lipinski definition) is 5. The topological polar surface area (TPSA) is 82.8 Å². The molecule has 1 N–H and O–H groups in total. The van der Waals surface area contributed by atoms with Crippen LogP contribution in [0.3, 0.4) is 0 Å². The third-order valence-corrected chi connectivity index (χ3v) is 7.84. The number of rotatable bonds is 10. The number of hydrogen-bond donors (Lipinski definition) is 1. The van der Waals surface area contributed by atoms with Crippen LogP contribution in [0.25, 0.3) is 11.1 Å². The van der Waals surface area contributed by atoms with Gasteiger partial charge in [0.1, 0.15) is 11.5 Å². The van der Waals surface area contributed by atoms with Gasteiger partial charge in [-0.1, -0.05) is 24.3 Å². The minimum absolute atomic E-state index is 0. The van der Waals surface area contributed by atoms with Crippen LogP contribution in [0, 0.1) is 23.2 Å². The normalized spacial score (nSPS) is 16.1. The van der Waals surface area contributed by atoms with Crippen molar-refractivity contribution in [3.8, 4) is 28.7 Å². The van der Waals surface area contributed by atoms with Gasteiger partial charge in [-0.3, -0.25) is 4.79 Å². The van der Waals surface area contributed by atoms with Gasteiger partial charge in [-0.15, -0.1) is 0 Å². The van der Waals surface area contributed by atoms with Crippen LogP contribution in [0.5, 0.6) is 11.5 Å². The molecule has 1 aliphatic heterocycles. The fraction of sp³-hybridized carbons (Fsp3) is 0.375. The van der Waals surface area contributed by atoms with Gasteiger partial charge in [-0.05, 0) is 91.0 Å². The first-order valence-electron chi connectivity index (χ1n) is 13.4. The largest absolute Gasteiger partial charge is 0.497 e. The Morgan fingerprint density at radius 1 is 1.03 bits per heavy atom. The molecule has 1 heterocycles. The summed E-state index contributed by atoms with van der Waals surface area (Å²) in [6.45, 7) is 2.50. The molecule has 1 saturated carbocycles. The zero-order valence-corrected chi connectivity index (χ0v) is 23.3. The van der Waals surface area contributed by atoms with E-state index in [1.54, 1.807) is 7.11 Å². The van der Waals surface area contributed by atoms with Crippen LogP contribution < -0.4 is 14.4 Å². The highest BCUT2D eigenvalue weighted by atomic mass is 32.1. The van der Waals surface area contributed by atoms with E-state index >= 15 is 0 Å². The SMILES string of the molecule is COc1ccc(-c2ccc(C#N)cc2)c(N2CCC(COc3cccc([C@@H](CC(=O)O)C4CC4)c3)CC2)c1.S. The summed E-state index contributed by atoms with van der Waals surface area (Å²) in [5.74, 6) is 1.94. The maximum Gasteiger partial charge on any atom is 0.303 e. The molecule has 3 aromatic carbocycles. The Kier molecular flexibility index (Phi) is 9.42. The molecule has 5 rings (SSSR count). The fourth-order valence-corrected chi connectivity index (χ4v) is 5.50. The molecule has 1 atom stereocenters. The maximum atomic E-state index is 11.4. The fourth-order valence-electron chi connectivity index (χ4n) is 5.50. The number of aliphatic carboxylic acids is 1. The van der Waals surface area contributed by atoms with Gasteiger partial charge < -0.3 is 19.5 Å². The average molecular weight is 545 g/mol. The number of carboxylic acid groups (broad SMARTS) is 1. The van der Waals surface area contributed by atoms with E-state index in [0.29, 0.717) is 24.0 Å². The second kappa shape index (κ2) is 12.9. The van der Waals surface area contributed by atoms with Crippen LogP contribution in [-0.2, 0) is 4.79 Å². The van der Waals surface area contributed by atoms with Crippen molar-refractivity contribution >= 4 is 25.2 Å². The van der Waals surface area contributed by atoms with E-state index in [4.69, 9.17) is 14.7 Å². The lowest BCUT2D eigenvalue weighted by atomic mass is 9.91. The van der Waals surface area contributed by atoms with Gasteiger partial charge in [0.25, 0.3) is 0 Å². The number of ether oxygens (including phenoxy) is 2. The maximum absolute atomic E-state index is 11.4. The van der Waals surface area contributed by atoms with Crippen LogP contribution in [0.15, 0.2) is 66.7 Å². The predicted molar refractivity (Wildman–Crippen MR) is 158 cm³/mol. The molecule has 0 spiro atoms. The van der Waals surface area contributed by atoms with Gasteiger partial charge in [0.2, 0.25) is 0 Å². The highest BCUT2D eigenvalue weighted by molar-refractivity contribution is 7.59. The van der Waals surface area contributed by atoms with E-state index in [1.165, 1.54) is 0 Å². The van der Waals surface area contributed by atoms with Crippen molar-refractivity contribution in [1.82, 2.24) is 0 Å². The summed E-state index contributed by atoms with van der Waals surface area (Å²) in [6, 6.07) is 24.1. The molecule has 39 heavy (non-hydrogen) atoms. The molecule has 2 aliphatic rings. The first-order chi connectivity index (χ1) is 18.5. The second-order valence-corrected chi connectivity index (χ2v) is 10.4. The van der Waals surface area contributed by atoms with Crippen molar-refractivity contribution < 1.29 is 19.4 Å². The Bertz CT molecular complexity index is 1310. The first kappa shape index (κ1) is 28.4. The highest BCUT2D eigenvalue weighted by Crippen LogP contribution is 2.45. The van der Waals surface area contributed by atoms with Gasteiger partial charge in [0.05, 0.1) is 31.8 Å². The van der Waals surface area contributed by atoms with Crippen molar-refractivity contribution in [1.29, 1.82) is 5.26 Å². The monoisotopic (exact) mass is 544 g/mol. The second-order valence-electron chi connectivity index (χ2n) is 10.4. The molecule has 3 aromatic rings. The zero-order chi connectivity index (χ0) is 26.5. The number of anilines is 1. The summed E-state index contributed by atoms with van der Waals surface area (Å²) in [4.78, 5) is 13.8. The quantitative estimate of drug-likeness (QED) is 0.309. The Labute approximate surface area is 237 Å². The first-order valence-corrected chi connectivity index (χ1v) is 13.4. The summed E-state index contributed by atoms with van der Waals surface area (Å²) >= 11 is 0. The van der Waals surface area contributed by atoms with Crippen molar-refractivity contribution in [3.05, 3.63) is 77.9 Å². The third kappa shape index (κ3) is 7.07. The number of methoxy groups -OCH3 is 1. The Hall–Kier alpha value is -3.63. The number of carbonyl (C=O) groups is 1. The van der Waals surface area contributed by atoms with E-state index in [1.807, 2.05) is 54.6 Å². The lowest BCUT2D eigenvalue weighted by Crippen LogP contribution is -2.35. The van der Waals surface area contributed by atoms with Crippen LogP contribution >= 0.6 is 13.5 Å². The number of piperidine rings is 1. The van der Waals surface area contributed by atoms with Crippen molar-refractivity contribution in [3.63, 3.8) is 0 Å². The Morgan fingerprint density at radius 3 is 2.41 bits per heavy atom. The summed E-state index contributed by atoms with van der Waals surface area (Å²) in [5, 5.41) is 18.5. The molecule has 2 fully saturated rings. The Morgan fingerprint density at radius 2 is 1.77 bits per heavy atom. The number of carboxylic acids is 1. The van der Waals surface area contributed by atoms with Gasteiger partial charge in [-0.25, -0.2) is 0 Å². The molecule has 7 heteroatoms. The van der Waals surface area contributed by atoms with Crippen molar-refractivity contribution in [2.45, 2.75) is 38.0 Å². The summed E-state index contributed by atoms with van der Waals surface area (Å²) in [6.07, 6.45) is 4.45. The molecule has 6 nitrogen and oxygen atoms in total. The molecule has 0 radical (unpaired) electrons. The zero-order valence-electron chi connectivity index (χ0n) is 22.3. The summed E-state index contributed by atoms with van der Waals surface area (Å²) in [5.41, 5.74) is 5.09. The Balaban J connectivity index is 0.00000353. The third-order valence-electron chi connectivity index (χ3n) is 7.84. The van der Waals surface area contributed by atoms with Crippen molar-refractivity contribution in [2.24, 2.45) is 11.8 Å². The highest BCUT2D eigenvalue weighted by Gasteiger charge is 2.34. The predicted octanol–water partition coefficient (Wildman–Crippen LogP) is 6.61. The molecule has 1 saturated heterocycles. The lowest BCUT2D eigenvalue weighted by Gasteiger charge is -2.35. The molecule has 0 amide bonds. The van der Waals surface area contributed by atoms with Crippen molar-refractivity contribution in [2.75, 3.05) is 31.7 Å². The average Bonchev–Trinajstić information content (AvgIpc) is 3.80. The molecule has 204 valence electrons. The van der Waals surface area contributed by atoms with Crippen LogP contribution in [0.2, 0.25) is 0 Å². The smallest absolute Gasteiger partial charge is 0.303 e. The van der Waals surface area contributed by atoms with Gasteiger partial charge >= 0.3 is 5.97 Å². The van der Waals surface area contributed by atoms with Gasteiger partial charge in [0.15, 0.2) is 0 Å². The molecule has 1 aliphatic carbocycles. The van der Waals surface area contributed by atoms with E-state index in [0.717, 1.165) is 72.6 Å². The van der Waals surface area contributed by atoms with E-state index in [2.05, 4.69) is 23.1 Å². The van der Waals surface area contributed by atoms with Crippen LogP contribution in [-0.4, -0.2) is 37.9 Å². The summed E-state index contributed by atoms with van der Waals surface area (Å²) in [7, 11) is 1.69. The van der Waals surface area contributed by atoms with Crippen LogP contribution in [0.1, 0.15) is 49.1 Å². The standard InChI is InChI=1S/C32H34N2O4.H2S/c1-37-27-11-12-29(24-7-5-22(20-33)6-8-24)31(18-27)34-15-13-23(14-16-34)21-38-28-4-2-3-26(17-28)30(19-32(35)36)25-9-10-25;/h2-8,11-12,17-18,23,25,30H,9-10,13-16,19,21H2,1H3,(H,35,36);1H2/t30-;/m0./s1. The molecule has 0 unspecified atom stereocenters. The van der Waals surface area contributed by atoms with Crippen LogP contribution in [0.4, 0.5) is 5.69 Å². The summed E-state index contributed by atoms with van der Waals surface area (Å²) < 4.78 is 11.7. The molecule has 0 aromatic heterocycles. The lowest BCUT2D eigenvalue weighted by molar-refractivity contribution is -0.137. The minimum Gasteiger partial charge on any atom is -0.497 e. The molecule has 0 bridgehead atoms.